The number of anilines is 4. The number of nitro groups is 1. The topological polar surface area (TPSA) is 105 Å². The SMILES string of the molecule is CCCCn1c(C)c(C)c(-c2cccc(N3CCN(c4ccc(N[S+]([O-])c5cc([N+](=O)[O-])ccc5NC(CCN(C)C)CSc5ccccc5)cc4)CC3)c2)c1-c1ccc(Cl)cc1. The number of thioether (sulfide) groups is 1. The third-order valence-corrected chi connectivity index (χ3v) is 14.3. The number of non-ortho nitro benzene ring substituents is 1. The number of piperazine rings is 1. The lowest BCUT2D eigenvalue weighted by molar-refractivity contribution is -0.385. The molecule has 63 heavy (non-hydrogen) atoms. The smallest absolute Gasteiger partial charge is 0.274 e. The third-order valence-electron chi connectivity index (χ3n) is 11.8. The largest absolute Gasteiger partial charge is 0.588 e. The molecule has 0 radical (unpaired) electrons. The molecule has 330 valence electrons. The number of nitrogens with one attached hydrogen (secondary N) is 2. The summed E-state index contributed by atoms with van der Waals surface area (Å²) >= 11 is 6.31. The second-order valence-electron chi connectivity index (χ2n) is 16.4. The lowest BCUT2D eigenvalue weighted by Gasteiger charge is -2.37. The fourth-order valence-corrected chi connectivity index (χ4v) is 10.3. The number of unbranched alkanes of at least 4 members (excludes halogenated alkanes) is 1. The van der Waals surface area contributed by atoms with Crippen LogP contribution in [-0.2, 0) is 17.9 Å². The van der Waals surface area contributed by atoms with Gasteiger partial charge in [-0.2, -0.15) is 0 Å². The van der Waals surface area contributed by atoms with Gasteiger partial charge in [-0.1, -0.05) is 67.4 Å². The Morgan fingerprint density at radius 3 is 2.21 bits per heavy atom. The van der Waals surface area contributed by atoms with Crippen molar-refractivity contribution in [3.8, 4) is 22.4 Å². The minimum atomic E-state index is -1.77. The van der Waals surface area contributed by atoms with Crippen LogP contribution in [0.4, 0.5) is 28.4 Å². The maximum atomic E-state index is 14.0. The lowest BCUT2D eigenvalue weighted by atomic mass is 9.97. The standard InChI is InChI=1S/C50H58ClN7O3S2/c1-6-7-27-57-37(3)36(2)49(50(57)38-16-18-40(51)19-17-38)39-12-11-13-44(33-39)56-31-29-55(30-32-56)43-22-20-41(21-23-43)53-63(61)48-34-45(58(59)60)24-25-47(48)52-42(26-28-54(4)5)35-62-46-14-9-8-10-15-46/h8-25,33-34,42,52-53H,6-7,26-32,35H2,1-5H3. The summed E-state index contributed by atoms with van der Waals surface area (Å²) in [6.45, 7) is 12.0. The van der Waals surface area contributed by atoms with Crippen LogP contribution in [0.15, 0.2) is 131 Å². The molecule has 1 aliphatic rings. The summed E-state index contributed by atoms with van der Waals surface area (Å²) in [6, 6.07) is 40.0. The Morgan fingerprint density at radius 2 is 1.54 bits per heavy atom. The molecule has 1 saturated heterocycles. The quantitative estimate of drug-likeness (QED) is 0.0356. The number of hydrogen-bond donors (Lipinski definition) is 2. The van der Waals surface area contributed by atoms with Crippen molar-refractivity contribution < 1.29 is 9.48 Å². The molecule has 6 aromatic rings. The molecule has 2 heterocycles. The van der Waals surface area contributed by atoms with E-state index in [1.54, 1.807) is 17.8 Å². The van der Waals surface area contributed by atoms with Gasteiger partial charge < -0.3 is 29.1 Å². The molecule has 2 N–H and O–H groups in total. The molecule has 0 aliphatic carbocycles. The van der Waals surface area contributed by atoms with Gasteiger partial charge in [-0.05, 0) is 131 Å². The molecule has 10 nitrogen and oxygen atoms in total. The van der Waals surface area contributed by atoms with E-state index < -0.39 is 16.3 Å². The minimum absolute atomic E-state index is 0.0306. The summed E-state index contributed by atoms with van der Waals surface area (Å²) in [5.41, 5.74) is 11.0. The summed E-state index contributed by atoms with van der Waals surface area (Å²) in [4.78, 5) is 19.9. The number of nitro benzene ring substituents is 1. The second-order valence-corrected chi connectivity index (χ2v) is 19.1. The van der Waals surface area contributed by atoms with Crippen LogP contribution in [0.2, 0.25) is 5.02 Å². The number of rotatable bonds is 19. The van der Waals surface area contributed by atoms with Gasteiger partial charge in [0.2, 0.25) is 4.90 Å². The Kier molecular flexibility index (Phi) is 15.7. The zero-order chi connectivity index (χ0) is 44.5. The highest BCUT2D eigenvalue weighted by Gasteiger charge is 2.26. The van der Waals surface area contributed by atoms with Gasteiger partial charge in [0, 0.05) is 83.1 Å². The highest BCUT2D eigenvalue weighted by molar-refractivity contribution is 7.99. The first-order valence-corrected chi connectivity index (χ1v) is 24.2. The summed E-state index contributed by atoms with van der Waals surface area (Å²) in [6.07, 6.45) is 3.08. The zero-order valence-corrected chi connectivity index (χ0v) is 39.2. The van der Waals surface area contributed by atoms with Crippen LogP contribution in [0, 0.1) is 24.0 Å². The van der Waals surface area contributed by atoms with Crippen molar-refractivity contribution >= 4 is 63.2 Å². The maximum Gasteiger partial charge on any atom is 0.274 e. The molecule has 5 aromatic carbocycles. The van der Waals surface area contributed by atoms with Gasteiger partial charge in [0.25, 0.3) is 5.69 Å². The molecule has 2 atom stereocenters. The minimum Gasteiger partial charge on any atom is -0.588 e. The van der Waals surface area contributed by atoms with E-state index in [1.165, 1.54) is 51.5 Å². The Morgan fingerprint density at radius 1 is 0.841 bits per heavy atom. The first kappa shape index (κ1) is 45.9. The average Bonchev–Trinajstić information content (AvgIpc) is 3.55. The summed E-state index contributed by atoms with van der Waals surface area (Å²) in [5.74, 6) is 0.774. The van der Waals surface area contributed by atoms with Gasteiger partial charge in [0.05, 0.1) is 28.1 Å². The van der Waals surface area contributed by atoms with Crippen LogP contribution in [-0.4, -0.2) is 77.6 Å². The highest BCUT2D eigenvalue weighted by atomic mass is 35.5. The Bertz CT molecular complexity index is 2440. The molecular formula is C50H58ClN7O3S2. The predicted molar refractivity (Wildman–Crippen MR) is 266 cm³/mol. The van der Waals surface area contributed by atoms with Crippen molar-refractivity contribution in [2.24, 2.45) is 0 Å². The third kappa shape index (κ3) is 11.5. The van der Waals surface area contributed by atoms with Gasteiger partial charge in [-0.3, -0.25) is 10.1 Å². The van der Waals surface area contributed by atoms with Crippen molar-refractivity contribution in [2.75, 3.05) is 72.4 Å². The fourth-order valence-electron chi connectivity index (χ4n) is 8.15. The van der Waals surface area contributed by atoms with Crippen molar-refractivity contribution in [3.63, 3.8) is 0 Å². The van der Waals surface area contributed by atoms with Crippen LogP contribution in [0.5, 0.6) is 0 Å². The van der Waals surface area contributed by atoms with E-state index in [-0.39, 0.29) is 11.7 Å². The number of benzene rings is 5. The monoisotopic (exact) mass is 903 g/mol. The van der Waals surface area contributed by atoms with Crippen LogP contribution in [0.25, 0.3) is 22.4 Å². The summed E-state index contributed by atoms with van der Waals surface area (Å²) in [5, 5.41) is 16.2. The summed E-state index contributed by atoms with van der Waals surface area (Å²) in [7, 11) is 4.08. The zero-order valence-electron chi connectivity index (χ0n) is 36.9. The number of hydrogen-bond acceptors (Lipinski definition) is 9. The first-order valence-electron chi connectivity index (χ1n) is 21.7. The van der Waals surface area contributed by atoms with Crippen molar-refractivity contribution in [2.45, 2.75) is 62.4 Å². The van der Waals surface area contributed by atoms with E-state index >= 15 is 0 Å². The molecule has 1 aliphatic heterocycles. The van der Waals surface area contributed by atoms with E-state index in [4.69, 9.17) is 11.6 Å². The maximum absolute atomic E-state index is 14.0. The Hall–Kier alpha value is -5.11. The fraction of sp³-hybridized carbons (Fsp3) is 0.320. The number of nitrogens with zero attached hydrogens (tertiary/aromatic N) is 5. The normalized spacial score (nSPS) is 13.9. The van der Waals surface area contributed by atoms with Crippen molar-refractivity contribution in [3.05, 3.63) is 148 Å². The van der Waals surface area contributed by atoms with Crippen LogP contribution < -0.4 is 19.8 Å². The number of halogens is 1. The van der Waals surface area contributed by atoms with Gasteiger partial charge in [-0.15, -0.1) is 11.8 Å². The van der Waals surface area contributed by atoms with Crippen LogP contribution in [0.1, 0.15) is 37.4 Å². The van der Waals surface area contributed by atoms with Crippen molar-refractivity contribution in [1.82, 2.24) is 9.47 Å². The Labute approximate surface area is 385 Å². The molecule has 2 unspecified atom stereocenters. The molecule has 1 fully saturated rings. The van der Waals surface area contributed by atoms with E-state index in [0.29, 0.717) is 16.3 Å². The van der Waals surface area contributed by atoms with Crippen LogP contribution >= 0.6 is 23.4 Å². The van der Waals surface area contributed by atoms with Gasteiger partial charge in [-0.25, -0.2) is 4.72 Å². The van der Waals surface area contributed by atoms with E-state index in [1.807, 2.05) is 68.7 Å². The highest BCUT2D eigenvalue weighted by Crippen LogP contribution is 2.41. The first-order chi connectivity index (χ1) is 30.5. The molecule has 13 heteroatoms. The van der Waals surface area contributed by atoms with E-state index in [2.05, 4.69) is 98.6 Å². The van der Waals surface area contributed by atoms with Crippen LogP contribution in [0.3, 0.4) is 0 Å². The van der Waals surface area contributed by atoms with Gasteiger partial charge >= 0.3 is 0 Å². The Balaban J connectivity index is 1.02. The average molecular weight is 905 g/mol. The van der Waals surface area contributed by atoms with Crippen molar-refractivity contribution in [1.29, 1.82) is 0 Å². The molecule has 1 aromatic heterocycles. The molecule has 0 saturated carbocycles. The lowest BCUT2D eigenvalue weighted by Crippen LogP contribution is -2.46. The molecule has 0 spiro atoms. The van der Waals surface area contributed by atoms with E-state index in [9.17, 15) is 14.7 Å². The molecule has 7 rings (SSSR count). The predicted octanol–water partition coefficient (Wildman–Crippen LogP) is 11.8. The summed E-state index contributed by atoms with van der Waals surface area (Å²) < 4.78 is 19.6. The second kappa shape index (κ2) is 21.5. The molecular weight excluding hydrogens is 846 g/mol. The van der Waals surface area contributed by atoms with Gasteiger partial charge in [0.15, 0.2) is 0 Å². The molecule has 0 bridgehead atoms. The van der Waals surface area contributed by atoms with E-state index in [0.717, 1.165) is 79.9 Å². The molecule has 0 amide bonds. The van der Waals surface area contributed by atoms with Gasteiger partial charge in [0.1, 0.15) is 11.4 Å². The number of aromatic nitrogens is 1.